The first-order valence-corrected chi connectivity index (χ1v) is 8.10. The Bertz CT molecular complexity index is 1020. The molecule has 114 valence electrons. The summed E-state index contributed by atoms with van der Waals surface area (Å²) in [5.74, 6) is 0.357. The van der Waals surface area contributed by atoms with E-state index in [0.717, 1.165) is 6.26 Å². The van der Waals surface area contributed by atoms with E-state index in [1.54, 1.807) is 12.3 Å². The van der Waals surface area contributed by atoms with E-state index in [2.05, 4.69) is 15.2 Å². The van der Waals surface area contributed by atoms with E-state index in [1.165, 1.54) is 30.0 Å². The van der Waals surface area contributed by atoms with Gasteiger partial charge in [-0.3, -0.25) is 9.20 Å². The van der Waals surface area contributed by atoms with Crippen LogP contribution in [0, 0.1) is 0 Å². The SMILES string of the molecule is COc1cc(S(C)(=O)=O)ccc1-c1cn2cn[nH]c(=O)c2n1. The highest BCUT2D eigenvalue weighted by molar-refractivity contribution is 7.90. The van der Waals surface area contributed by atoms with Gasteiger partial charge in [0.15, 0.2) is 9.84 Å². The van der Waals surface area contributed by atoms with E-state index in [1.807, 2.05) is 0 Å². The van der Waals surface area contributed by atoms with Crippen LogP contribution in [-0.2, 0) is 9.84 Å². The molecule has 0 amide bonds. The molecule has 1 aromatic carbocycles. The van der Waals surface area contributed by atoms with Gasteiger partial charge in [0.1, 0.15) is 12.1 Å². The second-order valence-corrected chi connectivity index (χ2v) is 6.69. The standard InChI is InChI=1S/C13H12N4O4S/c1-21-11-5-8(22(2,19)20)3-4-9(11)10-6-17-7-14-16-13(18)12(17)15-10/h3-7H,1-2H3,(H,16,18). The Morgan fingerprint density at radius 1 is 1.32 bits per heavy atom. The van der Waals surface area contributed by atoms with Gasteiger partial charge in [0.2, 0.25) is 5.65 Å². The third-order valence-electron chi connectivity index (χ3n) is 3.16. The molecule has 2 heterocycles. The Kier molecular flexibility index (Phi) is 3.21. The average molecular weight is 320 g/mol. The molecule has 0 atom stereocenters. The number of ether oxygens (including phenoxy) is 1. The molecule has 0 fully saturated rings. The van der Waals surface area contributed by atoms with Crippen molar-refractivity contribution < 1.29 is 13.2 Å². The van der Waals surface area contributed by atoms with E-state index < -0.39 is 15.4 Å². The zero-order chi connectivity index (χ0) is 15.9. The van der Waals surface area contributed by atoms with Crippen LogP contribution in [0.5, 0.6) is 5.75 Å². The van der Waals surface area contributed by atoms with Crippen LogP contribution in [0.25, 0.3) is 16.9 Å². The highest BCUT2D eigenvalue weighted by Gasteiger charge is 2.15. The first-order chi connectivity index (χ1) is 10.4. The molecular weight excluding hydrogens is 308 g/mol. The lowest BCUT2D eigenvalue weighted by Crippen LogP contribution is -2.10. The molecule has 0 bridgehead atoms. The third kappa shape index (κ3) is 2.35. The van der Waals surface area contributed by atoms with Gasteiger partial charge in [-0.2, -0.15) is 5.10 Å². The summed E-state index contributed by atoms with van der Waals surface area (Å²) in [5, 5.41) is 5.98. The maximum Gasteiger partial charge on any atom is 0.307 e. The first-order valence-electron chi connectivity index (χ1n) is 6.21. The van der Waals surface area contributed by atoms with Gasteiger partial charge < -0.3 is 4.74 Å². The summed E-state index contributed by atoms with van der Waals surface area (Å²) in [4.78, 5) is 16.0. The molecule has 3 rings (SSSR count). The summed E-state index contributed by atoms with van der Waals surface area (Å²) in [6.07, 6.45) is 4.16. The van der Waals surface area contributed by atoms with Gasteiger partial charge in [-0.05, 0) is 18.2 Å². The number of sulfone groups is 1. The number of nitrogens with zero attached hydrogens (tertiary/aromatic N) is 3. The highest BCUT2D eigenvalue weighted by atomic mass is 32.2. The molecule has 0 aliphatic carbocycles. The smallest absolute Gasteiger partial charge is 0.307 e. The summed E-state index contributed by atoms with van der Waals surface area (Å²) >= 11 is 0. The van der Waals surface area contributed by atoms with Crippen molar-refractivity contribution >= 4 is 15.5 Å². The third-order valence-corrected chi connectivity index (χ3v) is 4.27. The zero-order valence-corrected chi connectivity index (χ0v) is 12.6. The van der Waals surface area contributed by atoms with E-state index in [0.29, 0.717) is 17.0 Å². The van der Waals surface area contributed by atoms with Gasteiger partial charge in [0.25, 0.3) is 0 Å². The van der Waals surface area contributed by atoms with Crippen LogP contribution in [0.4, 0.5) is 0 Å². The summed E-state index contributed by atoms with van der Waals surface area (Å²) in [6.45, 7) is 0. The fourth-order valence-electron chi connectivity index (χ4n) is 2.09. The number of hydrogen-bond acceptors (Lipinski definition) is 6. The van der Waals surface area contributed by atoms with Crippen molar-refractivity contribution in [3.8, 4) is 17.0 Å². The number of aromatic amines is 1. The lowest BCUT2D eigenvalue weighted by atomic mass is 10.1. The lowest BCUT2D eigenvalue weighted by molar-refractivity contribution is 0.415. The fraction of sp³-hybridized carbons (Fsp3) is 0.154. The molecule has 22 heavy (non-hydrogen) atoms. The second-order valence-electron chi connectivity index (χ2n) is 4.68. The van der Waals surface area contributed by atoms with Crippen LogP contribution in [0.15, 0.2) is 40.4 Å². The normalized spacial score (nSPS) is 11.7. The minimum Gasteiger partial charge on any atom is -0.496 e. The number of hydrogen-bond donors (Lipinski definition) is 1. The molecule has 0 unspecified atom stereocenters. The number of nitrogens with one attached hydrogen (secondary N) is 1. The quantitative estimate of drug-likeness (QED) is 0.753. The first kappa shape index (κ1) is 14.3. The summed E-state index contributed by atoms with van der Waals surface area (Å²) in [7, 11) is -1.90. The molecule has 0 radical (unpaired) electrons. The minimum absolute atomic E-state index is 0.149. The molecule has 0 spiro atoms. The van der Waals surface area contributed by atoms with Gasteiger partial charge >= 0.3 is 5.56 Å². The van der Waals surface area contributed by atoms with Crippen molar-refractivity contribution in [3.63, 3.8) is 0 Å². The van der Waals surface area contributed by atoms with Crippen molar-refractivity contribution in [2.45, 2.75) is 4.90 Å². The van der Waals surface area contributed by atoms with Crippen molar-refractivity contribution in [3.05, 3.63) is 41.1 Å². The van der Waals surface area contributed by atoms with Gasteiger partial charge in [0.05, 0.1) is 17.7 Å². The summed E-state index contributed by atoms with van der Waals surface area (Å²) in [6, 6.07) is 4.50. The van der Waals surface area contributed by atoms with Gasteiger partial charge in [-0.1, -0.05) is 0 Å². The Morgan fingerprint density at radius 3 is 2.73 bits per heavy atom. The Balaban J connectivity index is 2.22. The topological polar surface area (TPSA) is 106 Å². The van der Waals surface area contributed by atoms with Crippen molar-refractivity contribution in [2.75, 3.05) is 13.4 Å². The largest absolute Gasteiger partial charge is 0.496 e. The van der Waals surface area contributed by atoms with E-state index in [4.69, 9.17) is 4.74 Å². The van der Waals surface area contributed by atoms with Crippen LogP contribution in [0.3, 0.4) is 0 Å². The number of benzene rings is 1. The summed E-state index contributed by atoms with van der Waals surface area (Å²) < 4.78 is 29.9. The van der Waals surface area contributed by atoms with Gasteiger partial charge in [-0.25, -0.2) is 18.5 Å². The monoisotopic (exact) mass is 320 g/mol. The average Bonchev–Trinajstić information content (AvgIpc) is 2.91. The predicted molar refractivity (Wildman–Crippen MR) is 78.7 cm³/mol. The molecule has 2 aromatic heterocycles. The minimum atomic E-state index is -3.34. The van der Waals surface area contributed by atoms with Crippen LogP contribution in [0.2, 0.25) is 0 Å². The molecule has 0 aliphatic rings. The molecule has 9 heteroatoms. The second kappa shape index (κ2) is 4.95. The lowest BCUT2D eigenvalue weighted by Gasteiger charge is -2.08. The van der Waals surface area contributed by atoms with Crippen molar-refractivity contribution in [1.82, 2.24) is 19.6 Å². The summed E-state index contributed by atoms with van der Waals surface area (Å²) in [5.41, 5.74) is 0.841. The number of rotatable bonds is 3. The fourth-order valence-corrected chi connectivity index (χ4v) is 2.73. The number of imidazole rings is 1. The maximum absolute atomic E-state index is 11.7. The number of fused-ring (bicyclic) bond motifs is 1. The van der Waals surface area contributed by atoms with Crippen LogP contribution < -0.4 is 10.3 Å². The molecule has 3 aromatic rings. The molecule has 0 aliphatic heterocycles. The van der Waals surface area contributed by atoms with E-state index in [-0.39, 0.29) is 10.5 Å². The van der Waals surface area contributed by atoms with E-state index in [9.17, 15) is 13.2 Å². The number of methoxy groups -OCH3 is 1. The van der Waals surface area contributed by atoms with E-state index >= 15 is 0 Å². The van der Waals surface area contributed by atoms with Gasteiger partial charge in [0, 0.05) is 18.0 Å². The van der Waals surface area contributed by atoms with Gasteiger partial charge in [-0.15, -0.1) is 0 Å². The molecule has 0 saturated carbocycles. The van der Waals surface area contributed by atoms with Crippen LogP contribution in [-0.4, -0.2) is 41.4 Å². The predicted octanol–water partition coefficient (Wildman–Crippen LogP) is 0.497. The van der Waals surface area contributed by atoms with Crippen molar-refractivity contribution in [2.24, 2.45) is 0 Å². The van der Waals surface area contributed by atoms with Crippen LogP contribution in [0.1, 0.15) is 0 Å². The Labute approximate surface area is 125 Å². The number of aromatic nitrogens is 4. The number of H-pyrrole nitrogens is 1. The molecule has 0 saturated heterocycles. The maximum atomic E-state index is 11.7. The van der Waals surface area contributed by atoms with Crippen molar-refractivity contribution in [1.29, 1.82) is 0 Å². The Morgan fingerprint density at radius 2 is 2.09 bits per heavy atom. The molecule has 1 N–H and O–H groups in total. The highest BCUT2D eigenvalue weighted by Crippen LogP contribution is 2.31. The molecular formula is C13H12N4O4S. The molecule has 8 nitrogen and oxygen atoms in total. The zero-order valence-electron chi connectivity index (χ0n) is 11.8. The Hall–Kier alpha value is -2.68. The van der Waals surface area contributed by atoms with Crippen LogP contribution >= 0.6 is 0 Å².